The lowest BCUT2D eigenvalue weighted by Gasteiger charge is -2.14. The second kappa shape index (κ2) is 4.82. The Balaban J connectivity index is 2.72. The Labute approximate surface area is 113 Å². The molecule has 0 spiro atoms. The normalized spacial score (nSPS) is 12.3. The van der Waals surface area contributed by atoms with Crippen LogP contribution < -0.4 is 5.73 Å². The molecule has 0 bridgehead atoms. The zero-order chi connectivity index (χ0) is 15.0. The van der Waals surface area contributed by atoms with E-state index >= 15 is 0 Å². The Bertz CT molecular complexity index is 739. The van der Waals surface area contributed by atoms with Crippen molar-refractivity contribution < 1.29 is 21.6 Å². The summed E-state index contributed by atoms with van der Waals surface area (Å²) in [6.45, 7) is 0. The molecule has 2 aromatic rings. The summed E-state index contributed by atoms with van der Waals surface area (Å²) >= 11 is 0. The molecule has 0 saturated carbocycles. The molecule has 0 radical (unpaired) electrons. The predicted octanol–water partition coefficient (Wildman–Crippen LogP) is 3.12. The van der Waals surface area contributed by atoms with Crippen LogP contribution in [0.25, 0.3) is 0 Å². The highest BCUT2D eigenvalue weighted by molar-refractivity contribution is 7.91. The molecule has 7 heteroatoms. The van der Waals surface area contributed by atoms with Gasteiger partial charge in [0.2, 0.25) is 9.84 Å². The predicted molar refractivity (Wildman–Crippen MR) is 67.8 cm³/mol. The first-order chi connectivity index (χ1) is 9.24. The highest BCUT2D eigenvalue weighted by Crippen LogP contribution is 2.37. The first-order valence-electron chi connectivity index (χ1n) is 5.50. The van der Waals surface area contributed by atoms with E-state index in [2.05, 4.69) is 0 Å². The minimum Gasteiger partial charge on any atom is -0.398 e. The molecule has 2 N–H and O–H groups in total. The van der Waals surface area contributed by atoms with Crippen LogP contribution in [0.5, 0.6) is 0 Å². The molecule has 2 aromatic carbocycles. The van der Waals surface area contributed by atoms with E-state index in [1.165, 1.54) is 30.3 Å². The van der Waals surface area contributed by atoms with Gasteiger partial charge in [0.1, 0.15) is 0 Å². The van der Waals surface area contributed by atoms with Gasteiger partial charge in [0, 0.05) is 0 Å². The van der Waals surface area contributed by atoms with Gasteiger partial charge in [0.15, 0.2) is 0 Å². The van der Waals surface area contributed by atoms with E-state index in [4.69, 9.17) is 5.73 Å². The lowest BCUT2D eigenvalue weighted by atomic mass is 10.2. The van der Waals surface area contributed by atoms with Crippen LogP contribution in [-0.2, 0) is 16.0 Å². The Morgan fingerprint density at radius 1 is 0.850 bits per heavy atom. The van der Waals surface area contributed by atoms with Gasteiger partial charge < -0.3 is 5.73 Å². The fraction of sp³-hybridized carbons (Fsp3) is 0.0769. The second-order valence-corrected chi connectivity index (χ2v) is 5.92. The van der Waals surface area contributed by atoms with Gasteiger partial charge >= 0.3 is 6.18 Å². The Hall–Kier alpha value is -2.02. The molecule has 2 rings (SSSR count). The third-order valence-electron chi connectivity index (χ3n) is 2.69. The van der Waals surface area contributed by atoms with Crippen LogP contribution in [0.15, 0.2) is 58.3 Å². The molecule has 0 aliphatic heterocycles. The van der Waals surface area contributed by atoms with Crippen molar-refractivity contribution in [2.24, 2.45) is 0 Å². The Kier molecular flexibility index (Phi) is 3.47. The molecule has 0 aliphatic carbocycles. The first kappa shape index (κ1) is 14.4. The van der Waals surface area contributed by atoms with Gasteiger partial charge in [0.25, 0.3) is 0 Å². The van der Waals surface area contributed by atoms with Crippen molar-refractivity contribution in [2.75, 3.05) is 5.73 Å². The van der Waals surface area contributed by atoms with Gasteiger partial charge in [-0.15, -0.1) is 0 Å². The minimum atomic E-state index is -4.76. The third kappa shape index (κ3) is 2.49. The standard InChI is InChI=1S/C13H10F3NO2S/c14-13(15,16)9-5-1-3-7-11(9)20(18,19)12-8-4-2-6-10(12)17/h1-8H,17H2. The van der Waals surface area contributed by atoms with E-state index < -0.39 is 26.5 Å². The zero-order valence-electron chi connectivity index (χ0n) is 10.1. The molecule has 3 nitrogen and oxygen atoms in total. The van der Waals surface area contributed by atoms with E-state index in [-0.39, 0.29) is 10.6 Å². The van der Waals surface area contributed by atoms with Crippen LogP contribution in [0.3, 0.4) is 0 Å². The molecule has 106 valence electrons. The zero-order valence-corrected chi connectivity index (χ0v) is 10.9. The molecule has 0 atom stereocenters. The van der Waals surface area contributed by atoms with Crippen LogP contribution >= 0.6 is 0 Å². The number of hydrogen-bond donors (Lipinski definition) is 1. The van der Waals surface area contributed by atoms with Gasteiger partial charge in [0.05, 0.1) is 21.0 Å². The van der Waals surface area contributed by atoms with E-state index in [0.29, 0.717) is 0 Å². The van der Waals surface area contributed by atoms with Crippen molar-refractivity contribution >= 4 is 15.5 Å². The van der Waals surface area contributed by atoms with Crippen molar-refractivity contribution in [1.82, 2.24) is 0 Å². The van der Waals surface area contributed by atoms with E-state index in [1.54, 1.807) is 0 Å². The van der Waals surface area contributed by atoms with Gasteiger partial charge in [-0.2, -0.15) is 13.2 Å². The lowest BCUT2D eigenvalue weighted by molar-refractivity contribution is -0.139. The molecule has 0 saturated heterocycles. The van der Waals surface area contributed by atoms with Gasteiger partial charge in [-0.05, 0) is 24.3 Å². The summed E-state index contributed by atoms with van der Waals surface area (Å²) < 4.78 is 63.4. The van der Waals surface area contributed by atoms with E-state index in [0.717, 1.165) is 18.2 Å². The molecule has 0 fully saturated rings. The van der Waals surface area contributed by atoms with Crippen LogP contribution in [0, 0.1) is 0 Å². The fourth-order valence-corrected chi connectivity index (χ4v) is 3.38. The number of nitrogen functional groups attached to an aromatic ring is 1. The van der Waals surface area contributed by atoms with Crippen LogP contribution in [0.1, 0.15) is 5.56 Å². The number of alkyl halides is 3. The first-order valence-corrected chi connectivity index (χ1v) is 6.99. The largest absolute Gasteiger partial charge is 0.417 e. The van der Waals surface area contributed by atoms with Crippen molar-refractivity contribution in [2.45, 2.75) is 16.0 Å². The monoisotopic (exact) mass is 301 g/mol. The summed E-state index contributed by atoms with van der Waals surface area (Å²) in [7, 11) is -4.33. The molecule has 0 heterocycles. The molecule has 0 aliphatic rings. The molecule has 20 heavy (non-hydrogen) atoms. The van der Waals surface area contributed by atoms with E-state index in [1.807, 2.05) is 0 Å². The number of nitrogens with two attached hydrogens (primary N) is 1. The third-order valence-corrected chi connectivity index (χ3v) is 4.58. The molecular formula is C13H10F3NO2S. The summed E-state index contributed by atoms with van der Waals surface area (Å²) in [4.78, 5) is -1.14. The topological polar surface area (TPSA) is 60.2 Å². The minimum absolute atomic E-state index is 0.0931. The number of anilines is 1. The van der Waals surface area contributed by atoms with Crippen molar-refractivity contribution in [3.63, 3.8) is 0 Å². The molecule has 0 aromatic heterocycles. The maximum atomic E-state index is 12.9. The van der Waals surface area contributed by atoms with E-state index in [9.17, 15) is 21.6 Å². The quantitative estimate of drug-likeness (QED) is 0.867. The Morgan fingerprint density at radius 3 is 1.90 bits per heavy atom. The summed E-state index contributed by atoms with van der Waals surface area (Å²) in [5, 5.41) is 0. The highest BCUT2D eigenvalue weighted by atomic mass is 32.2. The number of halogens is 3. The number of hydrogen-bond acceptors (Lipinski definition) is 3. The van der Waals surface area contributed by atoms with Gasteiger partial charge in [-0.3, -0.25) is 0 Å². The summed E-state index contributed by atoms with van der Waals surface area (Å²) in [6.07, 6.45) is -4.76. The van der Waals surface area contributed by atoms with Gasteiger partial charge in [-0.25, -0.2) is 8.42 Å². The van der Waals surface area contributed by atoms with Crippen LogP contribution in [-0.4, -0.2) is 8.42 Å². The highest BCUT2D eigenvalue weighted by Gasteiger charge is 2.37. The average molecular weight is 301 g/mol. The number of para-hydroxylation sites is 1. The number of sulfone groups is 1. The van der Waals surface area contributed by atoms with Crippen LogP contribution in [0.4, 0.5) is 18.9 Å². The average Bonchev–Trinajstić information content (AvgIpc) is 2.38. The molecular weight excluding hydrogens is 291 g/mol. The Morgan fingerprint density at radius 2 is 1.35 bits per heavy atom. The second-order valence-electron chi connectivity index (χ2n) is 4.04. The van der Waals surface area contributed by atoms with Crippen molar-refractivity contribution in [1.29, 1.82) is 0 Å². The lowest BCUT2D eigenvalue weighted by Crippen LogP contribution is -2.14. The molecule has 0 unspecified atom stereocenters. The fourth-order valence-electron chi connectivity index (χ4n) is 1.78. The number of rotatable bonds is 2. The maximum absolute atomic E-state index is 12.9. The summed E-state index contributed by atoms with van der Waals surface area (Å²) in [5.41, 5.74) is 4.24. The summed E-state index contributed by atoms with van der Waals surface area (Å²) in [5.74, 6) is 0. The smallest absolute Gasteiger partial charge is 0.398 e. The van der Waals surface area contributed by atoms with Crippen molar-refractivity contribution in [3.05, 3.63) is 54.1 Å². The van der Waals surface area contributed by atoms with Crippen molar-refractivity contribution in [3.8, 4) is 0 Å². The molecule has 0 amide bonds. The van der Waals surface area contributed by atoms with Crippen LogP contribution in [0.2, 0.25) is 0 Å². The SMILES string of the molecule is Nc1ccccc1S(=O)(=O)c1ccccc1C(F)(F)F. The number of benzene rings is 2. The maximum Gasteiger partial charge on any atom is 0.417 e. The summed E-state index contributed by atoms with van der Waals surface area (Å²) in [6, 6.07) is 9.43. The van der Waals surface area contributed by atoms with Gasteiger partial charge in [-0.1, -0.05) is 24.3 Å².